The molecule has 5 nitrogen and oxygen atoms in total. The molecule has 3 N–H and O–H groups in total. The third-order valence-corrected chi connectivity index (χ3v) is 5.36. The Morgan fingerprint density at radius 1 is 1.25 bits per heavy atom. The topological polar surface area (TPSA) is 75.4 Å². The second-order valence-corrected chi connectivity index (χ2v) is 7.73. The molecule has 0 amide bonds. The number of rotatable bonds is 5. The lowest BCUT2D eigenvalue weighted by atomic mass is 10.1. The Hall–Kier alpha value is -1.11. The number of sulfonamides is 1. The van der Waals surface area contributed by atoms with E-state index in [4.69, 9.17) is 5.73 Å². The zero-order valence-corrected chi connectivity index (χ0v) is 13.9. The molecule has 0 fully saturated rings. The highest BCUT2D eigenvalue weighted by Crippen LogP contribution is 2.22. The van der Waals surface area contributed by atoms with Crippen molar-refractivity contribution in [1.82, 2.24) is 9.62 Å². The molecule has 0 spiro atoms. The fourth-order valence-electron chi connectivity index (χ4n) is 1.64. The van der Waals surface area contributed by atoms with E-state index in [9.17, 15) is 8.42 Å². The molecule has 20 heavy (non-hydrogen) atoms. The summed E-state index contributed by atoms with van der Waals surface area (Å²) < 4.78 is 27.6. The highest BCUT2D eigenvalue weighted by molar-refractivity contribution is 7.89. The van der Waals surface area contributed by atoms with E-state index in [0.29, 0.717) is 12.2 Å². The van der Waals surface area contributed by atoms with Gasteiger partial charge in [-0.15, -0.1) is 0 Å². The van der Waals surface area contributed by atoms with Crippen LogP contribution in [0.5, 0.6) is 0 Å². The minimum atomic E-state index is -3.56. The number of benzene rings is 1. The van der Waals surface area contributed by atoms with Crippen LogP contribution in [0.3, 0.4) is 0 Å². The fourth-order valence-corrected chi connectivity index (χ4v) is 3.19. The second-order valence-electron chi connectivity index (χ2n) is 5.99. The molecule has 0 saturated carbocycles. The van der Waals surface area contributed by atoms with Crippen LogP contribution in [0.25, 0.3) is 0 Å². The lowest BCUT2D eigenvalue weighted by Crippen LogP contribution is -2.48. The summed E-state index contributed by atoms with van der Waals surface area (Å²) in [6, 6.07) is 3.28. The molecular weight excluding hydrogens is 274 g/mol. The zero-order valence-electron chi connectivity index (χ0n) is 13.1. The number of hydrogen-bond acceptors (Lipinski definition) is 4. The Labute approximate surface area is 122 Å². The lowest BCUT2D eigenvalue weighted by molar-refractivity contribution is 0.199. The number of aryl methyl sites for hydroxylation is 1. The molecule has 0 aromatic heterocycles. The van der Waals surface area contributed by atoms with Crippen LogP contribution in [0.1, 0.15) is 25.0 Å². The Balaban J connectivity index is 3.07. The normalized spacial score (nSPS) is 12.9. The maximum atomic E-state index is 12.4. The maximum Gasteiger partial charge on any atom is 0.240 e. The minimum Gasteiger partial charge on any atom is -0.399 e. The molecule has 1 aromatic rings. The van der Waals surface area contributed by atoms with Crippen molar-refractivity contribution in [3.8, 4) is 0 Å². The van der Waals surface area contributed by atoms with Crippen molar-refractivity contribution >= 4 is 15.7 Å². The van der Waals surface area contributed by atoms with Crippen molar-refractivity contribution in [2.45, 2.75) is 38.1 Å². The molecule has 6 heteroatoms. The van der Waals surface area contributed by atoms with Gasteiger partial charge in [-0.1, -0.05) is 0 Å². The van der Waals surface area contributed by atoms with Crippen molar-refractivity contribution in [1.29, 1.82) is 0 Å². The van der Waals surface area contributed by atoms with Gasteiger partial charge in [0.2, 0.25) is 10.0 Å². The van der Waals surface area contributed by atoms with E-state index in [2.05, 4.69) is 4.72 Å². The number of anilines is 1. The van der Waals surface area contributed by atoms with E-state index in [1.54, 1.807) is 13.0 Å². The number of nitrogens with two attached hydrogens (primary N) is 1. The summed E-state index contributed by atoms with van der Waals surface area (Å²) in [6.45, 7) is 7.93. The SMILES string of the molecule is Cc1cc(N)cc(S(=O)(=O)NCC(C)(C)N(C)C)c1C. The summed E-state index contributed by atoms with van der Waals surface area (Å²) in [5, 5.41) is 0. The average Bonchev–Trinajstić information content (AvgIpc) is 2.31. The molecule has 0 heterocycles. The van der Waals surface area contributed by atoms with Crippen molar-refractivity contribution in [2.24, 2.45) is 0 Å². The maximum absolute atomic E-state index is 12.4. The van der Waals surface area contributed by atoms with E-state index in [1.165, 1.54) is 6.07 Å². The third kappa shape index (κ3) is 3.71. The van der Waals surface area contributed by atoms with Crippen LogP contribution in [-0.4, -0.2) is 39.5 Å². The van der Waals surface area contributed by atoms with Gasteiger partial charge in [-0.25, -0.2) is 13.1 Å². The summed E-state index contributed by atoms with van der Waals surface area (Å²) >= 11 is 0. The van der Waals surface area contributed by atoms with Crippen molar-refractivity contribution in [3.05, 3.63) is 23.3 Å². The van der Waals surface area contributed by atoms with Gasteiger partial charge in [0.1, 0.15) is 0 Å². The highest BCUT2D eigenvalue weighted by Gasteiger charge is 2.25. The first-order valence-corrected chi connectivity index (χ1v) is 7.99. The van der Waals surface area contributed by atoms with Gasteiger partial charge in [0, 0.05) is 17.8 Å². The van der Waals surface area contributed by atoms with Gasteiger partial charge in [-0.2, -0.15) is 0 Å². The van der Waals surface area contributed by atoms with E-state index < -0.39 is 10.0 Å². The number of hydrogen-bond donors (Lipinski definition) is 2. The summed E-state index contributed by atoms with van der Waals surface area (Å²) in [7, 11) is 0.282. The summed E-state index contributed by atoms with van der Waals surface area (Å²) in [5.41, 5.74) is 7.55. The first-order chi connectivity index (χ1) is 8.97. The quantitative estimate of drug-likeness (QED) is 0.808. The molecule has 0 radical (unpaired) electrons. The van der Waals surface area contributed by atoms with Gasteiger partial charge in [-0.05, 0) is 65.0 Å². The smallest absolute Gasteiger partial charge is 0.240 e. The van der Waals surface area contributed by atoms with Gasteiger partial charge >= 0.3 is 0 Å². The molecule has 0 bridgehead atoms. The number of likely N-dealkylation sites (N-methyl/N-ethyl adjacent to an activating group) is 1. The van der Waals surface area contributed by atoms with E-state index in [1.807, 2.05) is 39.8 Å². The third-order valence-electron chi connectivity index (χ3n) is 3.84. The van der Waals surface area contributed by atoms with Crippen molar-refractivity contribution in [3.63, 3.8) is 0 Å². The highest BCUT2D eigenvalue weighted by atomic mass is 32.2. The van der Waals surface area contributed by atoms with Crippen LogP contribution in [0.15, 0.2) is 17.0 Å². The Morgan fingerprint density at radius 2 is 1.80 bits per heavy atom. The monoisotopic (exact) mass is 299 g/mol. The van der Waals surface area contributed by atoms with Crippen LogP contribution in [-0.2, 0) is 10.0 Å². The van der Waals surface area contributed by atoms with Gasteiger partial charge < -0.3 is 10.6 Å². The van der Waals surface area contributed by atoms with Crippen LogP contribution in [0.4, 0.5) is 5.69 Å². The molecule has 0 unspecified atom stereocenters. The van der Waals surface area contributed by atoms with Crippen LogP contribution in [0.2, 0.25) is 0 Å². The van der Waals surface area contributed by atoms with Gasteiger partial charge in [0.15, 0.2) is 0 Å². The molecule has 1 rings (SSSR count). The van der Waals surface area contributed by atoms with Crippen LogP contribution in [0, 0.1) is 13.8 Å². The Morgan fingerprint density at radius 3 is 2.30 bits per heavy atom. The molecule has 0 aliphatic carbocycles. The fraction of sp³-hybridized carbons (Fsp3) is 0.571. The lowest BCUT2D eigenvalue weighted by Gasteiger charge is -2.32. The largest absolute Gasteiger partial charge is 0.399 e. The van der Waals surface area contributed by atoms with E-state index in [0.717, 1.165) is 11.1 Å². The van der Waals surface area contributed by atoms with Crippen LogP contribution >= 0.6 is 0 Å². The molecular formula is C14H25N3O2S. The predicted octanol–water partition coefficient (Wildman–Crippen LogP) is 1.50. The summed E-state index contributed by atoms with van der Waals surface area (Å²) in [6.07, 6.45) is 0. The number of nitrogen functional groups attached to an aromatic ring is 1. The van der Waals surface area contributed by atoms with Crippen molar-refractivity contribution < 1.29 is 8.42 Å². The van der Waals surface area contributed by atoms with Gasteiger partial charge in [0.05, 0.1) is 4.90 Å². The second kappa shape index (κ2) is 5.71. The number of nitrogens with zero attached hydrogens (tertiary/aromatic N) is 1. The molecule has 0 aliphatic heterocycles. The molecule has 0 saturated heterocycles. The van der Waals surface area contributed by atoms with Gasteiger partial charge in [-0.3, -0.25) is 0 Å². The predicted molar refractivity (Wildman–Crippen MR) is 83.3 cm³/mol. The Bertz CT molecular complexity index is 593. The van der Waals surface area contributed by atoms with E-state index in [-0.39, 0.29) is 10.4 Å². The zero-order chi connectivity index (χ0) is 15.7. The summed E-state index contributed by atoms with van der Waals surface area (Å²) in [5.74, 6) is 0. The standard InChI is InChI=1S/C14H25N3O2S/c1-10-7-12(15)8-13(11(10)2)20(18,19)16-9-14(3,4)17(5)6/h7-8,16H,9,15H2,1-6H3. The molecule has 0 atom stereocenters. The first kappa shape index (κ1) is 16.9. The van der Waals surface area contributed by atoms with Gasteiger partial charge in [0.25, 0.3) is 0 Å². The molecule has 1 aromatic carbocycles. The molecule has 0 aliphatic rings. The first-order valence-electron chi connectivity index (χ1n) is 6.51. The number of nitrogens with one attached hydrogen (secondary N) is 1. The van der Waals surface area contributed by atoms with Crippen LogP contribution < -0.4 is 10.5 Å². The summed E-state index contributed by atoms with van der Waals surface area (Å²) in [4.78, 5) is 2.23. The minimum absolute atomic E-state index is 0.254. The molecule has 114 valence electrons. The van der Waals surface area contributed by atoms with E-state index >= 15 is 0 Å². The van der Waals surface area contributed by atoms with Crippen molar-refractivity contribution in [2.75, 3.05) is 26.4 Å². The Kier molecular flexibility index (Phi) is 4.84. The average molecular weight is 299 g/mol.